The van der Waals surface area contributed by atoms with Crippen LogP contribution in [0, 0.1) is 23.2 Å². The van der Waals surface area contributed by atoms with Crippen LogP contribution in [-0.2, 0) is 23.1 Å². The third kappa shape index (κ3) is 18.4. The third-order valence-electron chi connectivity index (χ3n) is 18.6. The molecule has 0 spiro atoms. The number of nitriles is 1. The van der Waals surface area contributed by atoms with E-state index >= 15 is 0 Å². The Morgan fingerprint density at radius 1 is 0.506 bits per heavy atom. The number of ether oxygens (including phenoxy) is 2. The second-order valence-electron chi connectivity index (χ2n) is 25.3. The van der Waals surface area contributed by atoms with Crippen LogP contribution in [-0.4, -0.2) is 24.3 Å². The van der Waals surface area contributed by atoms with E-state index in [1.54, 1.807) is 17.4 Å². The molecule has 0 amide bonds. The summed E-state index contributed by atoms with van der Waals surface area (Å²) in [5.74, 6) is 1.79. The van der Waals surface area contributed by atoms with Crippen LogP contribution in [0.4, 0.5) is 17.1 Å². The number of anilines is 3. The molecule has 478 valence electrons. The Kier molecular flexibility index (Phi) is 28.1. The average Bonchev–Trinajstić information content (AvgIpc) is 1.55. The van der Waals surface area contributed by atoms with Gasteiger partial charge >= 0.3 is 5.97 Å². The van der Waals surface area contributed by atoms with E-state index in [2.05, 4.69) is 157 Å². The van der Waals surface area contributed by atoms with E-state index in [0.717, 1.165) is 98.0 Å². The Morgan fingerprint density at radius 3 is 1.38 bits per heavy atom. The van der Waals surface area contributed by atoms with Gasteiger partial charge in [-0.3, -0.25) is 0 Å². The van der Waals surface area contributed by atoms with Crippen molar-refractivity contribution in [1.82, 2.24) is 0 Å². The summed E-state index contributed by atoms with van der Waals surface area (Å²) in [6.07, 6.45) is 34.8. The van der Waals surface area contributed by atoms with Gasteiger partial charge in [0.2, 0.25) is 0 Å². The molecule has 10 heteroatoms. The van der Waals surface area contributed by atoms with Crippen LogP contribution < -0.4 is 14.4 Å². The number of carbonyl (C=O) groups is 1. The van der Waals surface area contributed by atoms with Gasteiger partial charge in [0.15, 0.2) is 0 Å². The van der Waals surface area contributed by atoms with Crippen LogP contribution in [0.1, 0.15) is 249 Å². The van der Waals surface area contributed by atoms with Crippen LogP contribution >= 0.6 is 45.3 Å². The summed E-state index contributed by atoms with van der Waals surface area (Å²) in [6, 6.07) is 38.6. The van der Waals surface area contributed by atoms with Gasteiger partial charge in [-0.25, -0.2) is 4.79 Å². The molecule has 0 saturated heterocycles. The quantitative estimate of drug-likeness (QED) is 0.0233. The maximum atomic E-state index is 12.2. The number of fused-ring (bicyclic) bond motifs is 3. The van der Waals surface area contributed by atoms with Crippen molar-refractivity contribution < 1.29 is 19.4 Å². The van der Waals surface area contributed by atoms with E-state index < -0.39 is 5.97 Å². The van der Waals surface area contributed by atoms with E-state index in [9.17, 15) is 15.2 Å². The van der Waals surface area contributed by atoms with Gasteiger partial charge < -0.3 is 19.5 Å². The van der Waals surface area contributed by atoms with Gasteiger partial charge in [-0.2, -0.15) is 5.26 Å². The smallest absolute Gasteiger partial charge is 0.346 e. The number of aliphatic carboxylic acids is 1. The topological polar surface area (TPSA) is 82.8 Å². The van der Waals surface area contributed by atoms with Crippen LogP contribution in [0.25, 0.3) is 45.8 Å². The lowest BCUT2D eigenvalue weighted by Gasteiger charge is -2.31. The third-order valence-corrected chi connectivity index (χ3v) is 23.7. The van der Waals surface area contributed by atoms with Crippen molar-refractivity contribution in [3.05, 3.63) is 130 Å². The number of benzene rings is 3. The minimum atomic E-state index is -1.17. The van der Waals surface area contributed by atoms with Gasteiger partial charge in [0.25, 0.3) is 0 Å². The standard InChI is InChI=1S/C79H104N2O4S4/c1-9-17-23-27-33-60-50-71(59-35-37-63(38-36-59)81(64-39-43-66(44-40-64)84-55-57(15-7)31-21-13-5)65-41-45-67(46-42-65)85-56-58(16-8)32-22-14-6)87-74(60)72-51-61(34-28-24-18-10-2)75(88-72)73-53-70-77(89-73)76-69(52-68(86-76)49-62(54-80)78(82)83)79(70,47-29-25-19-11-3)48-30-26-20-12-4/h35-46,49-53,57-58H,9-34,47-48,55-56H2,1-8H3,(H,82,83)/b62-49-. The zero-order valence-electron chi connectivity index (χ0n) is 55.4. The molecule has 2 atom stereocenters. The number of nitrogens with zero attached hydrogens (tertiary/aromatic N) is 2. The Balaban J connectivity index is 1.17. The monoisotopic (exact) mass is 1270 g/mol. The van der Waals surface area contributed by atoms with Gasteiger partial charge in [0, 0.05) is 61.5 Å². The molecule has 0 aliphatic heterocycles. The fraction of sp³-hybridized carbons (Fsp3) is 0.519. The first kappa shape index (κ1) is 69.4. The molecule has 0 fully saturated rings. The van der Waals surface area contributed by atoms with E-state index in [4.69, 9.17) is 9.47 Å². The molecule has 6 nitrogen and oxygen atoms in total. The number of carboxylic acid groups (broad SMARTS) is 1. The van der Waals surface area contributed by atoms with Crippen molar-refractivity contribution in [2.45, 2.75) is 241 Å². The molecule has 0 radical (unpaired) electrons. The fourth-order valence-electron chi connectivity index (χ4n) is 13.0. The van der Waals surface area contributed by atoms with Gasteiger partial charge in [-0.1, -0.05) is 196 Å². The molecule has 7 aromatic rings. The average molecular weight is 1270 g/mol. The van der Waals surface area contributed by atoms with Crippen LogP contribution in [0.15, 0.2) is 103 Å². The molecule has 1 aliphatic carbocycles. The summed E-state index contributed by atoms with van der Waals surface area (Å²) in [5.41, 5.74) is 9.92. The maximum Gasteiger partial charge on any atom is 0.346 e. The summed E-state index contributed by atoms with van der Waals surface area (Å²) in [4.78, 5) is 24.9. The highest BCUT2D eigenvalue weighted by molar-refractivity contribution is 7.29. The van der Waals surface area contributed by atoms with Gasteiger partial charge in [0.1, 0.15) is 23.1 Å². The highest BCUT2D eigenvalue weighted by atomic mass is 32.1. The van der Waals surface area contributed by atoms with E-state index in [1.165, 1.54) is 190 Å². The SMILES string of the molecule is CCCCCCc1cc(-c2ccc(N(c3ccc(OCC(CC)CCCC)cc3)c3ccc(OCC(CC)CCCC)cc3)cc2)sc1-c1cc(CCCCCC)c(-c2cc3c(s2)-c2sc(/C=C(/C#N)C(=O)O)cc2C3(CCCCCC)CCCCCC)s1. The Morgan fingerprint density at radius 2 is 0.921 bits per heavy atom. The van der Waals surface area contributed by atoms with Crippen molar-refractivity contribution in [3.63, 3.8) is 0 Å². The van der Waals surface area contributed by atoms with E-state index in [0.29, 0.717) is 11.8 Å². The number of rotatable bonds is 42. The highest BCUT2D eigenvalue weighted by Crippen LogP contribution is 2.62. The van der Waals surface area contributed by atoms with Gasteiger partial charge in [-0.05, 0) is 182 Å². The number of thiophene rings is 4. The molecule has 89 heavy (non-hydrogen) atoms. The molecule has 1 N–H and O–H groups in total. The summed E-state index contributed by atoms with van der Waals surface area (Å²) >= 11 is 7.63. The second kappa shape index (κ2) is 36.0. The van der Waals surface area contributed by atoms with Crippen molar-refractivity contribution in [2.24, 2.45) is 11.8 Å². The van der Waals surface area contributed by atoms with Gasteiger partial charge in [-0.15, -0.1) is 45.3 Å². The molecule has 2 unspecified atom stereocenters. The molecule has 3 aromatic carbocycles. The summed E-state index contributed by atoms with van der Waals surface area (Å²) in [7, 11) is 0. The number of carboxylic acids is 1. The van der Waals surface area contributed by atoms with Gasteiger partial charge in [0.05, 0.1) is 13.2 Å². The summed E-state index contributed by atoms with van der Waals surface area (Å²) in [6.45, 7) is 19.8. The molecular formula is C79H104N2O4S4. The summed E-state index contributed by atoms with van der Waals surface area (Å²) in [5, 5.41) is 19.8. The second-order valence-corrected chi connectivity index (χ2v) is 29.5. The molecule has 4 aromatic heterocycles. The fourth-order valence-corrected chi connectivity index (χ4v) is 18.4. The largest absolute Gasteiger partial charge is 0.493 e. The van der Waals surface area contributed by atoms with E-state index in [-0.39, 0.29) is 11.0 Å². The first-order valence-corrected chi connectivity index (χ1v) is 38.1. The Bertz CT molecular complexity index is 3240. The maximum absolute atomic E-state index is 12.2. The number of hydrogen-bond donors (Lipinski definition) is 1. The first-order valence-electron chi connectivity index (χ1n) is 34.8. The van der Waals surface area contributed by atoms with Crippen LogP contribution in [0.2, 0.25) is 0 Å². The lowest BCUT2D eigenvalue weighted by Crippen LogP contribution is -2.25. The van der Waals surface area contributed by atoms with Crippen molar-refractivity contribution in [2.75, 3.05) is 18.1 Å². The molecule has 1 aliphatic rings. The Hall–Kier alpha value is -5.44. The zero-order chi connectivity index (χ0) is 63.0. The number of unbranched alkanes of at least 4 members (excludes halogenated alkanes) is 14. The predicted octanol–water partition coefficient (Wildman–Crippen LogP) is 26.0. The van der Waals surface area contributed by atoms with Crippen LogP contribution in [0.5, 0.6) is 11.5 Å². The summed E-state index contributed by atoms with van der Waals surface area (Å²) < 4.78 is 12.9. The van der Waals surface area contributed by atoms with Crippen molar-refractivity contribution >= 4 is 74.5 Å². The number of aryl methyl sites for hydroxylation is 2. The minimum absolute atomic E-state index is 0.140. The van der Waals surface area contributed by atoms with Crippen molar-refractivity contribution in [3.8, 4) is 57.3 Å². The lowest BCUT2D eigenvalue weighted by molar-refractivity contribution is -0.132. The van der Waals surface area contributed by atoms with Crippen molar-refractivity contribution in [1.29, 1.82) is 5.26 Å². The number of hydrogen-bond acceptors (Lipinski definition) is 9. The zero-order valence-corrected chi connectivity index (χ0v) is 58.6. The van der Waals surface area contributed by atoms with Crippen LogP contribution in [0.3, 0.4) is 0 Å². The molecule has 0 saturated carbocycles. The molecule has 8 rings (SSSR count). The molecule has 0 bridgehead atoms. The minimum Gasteiger partial charge on any atom is -0.493 e. The lowest BCUT2D eigenvalue weighted by atomic mass is 9.71. The Labute approximate surface area is 552 Å². The predicted molar refractivity (Wildman–Crippen MR) is 387 cm³/mol. The molecular weight excluding hydrogens is 1170 g/mol. The normalized spacial score (nSPS) is 13.3. The molecule has 4 heterocycles. The first-order chi connectivity index (χ1) is 43.5. The van der Waals surface area contributed by atoms with E-state index in [1.807, 2.05) is 40.1 Å². The highest BCUT2D eigenvalue weighted by Gasteiger charge is 2.45.